The van der Waals surface area contributed by atoms with Gasteiger partial charge in [0.25, 0.3) is 0 Å². The third kappa shape index (κ3) is 4.46. The molecule has 2 saturated carbocycles. The molecule has 6 nitrogen and oxygen atoms in total. The van der Waals surface area contributed by atoms with Gasteiger partial charge in [0.05, 0.1) is 16.1 Å². The van der Waals surface area contributed by atoms with E-state index < -0.39 is 5.97 Å². The van der Waals surface area contributed by atoms with Crippen molar-refractivity contribution >= 4 is 29.2 Å². The Morgan fingerprint density at radius 3 is 2.68 bits per heavy atom. The lowest BCUT2D eigenvalue weighted by Gasteiger charge is -2.14. The molecule has 0 spiro atoms. The van der Waals surface area contributed by atoms with Crippen molar-refractivity contribution in [1.29, 1.82) is 0 Å². The molecule has 2 fully saturated rings. The lowest BCUT2D eigenvalue weighted by molar-refractivity contribution is 0.0696. The van der Waals surface area contributed by atoms with Crippen molar-refractivity contribution in [2.75, 3.05) is 0 Å². The van der Waals surface area contributed by atoms with Crippen LogP contribution in [0.3, 0.4) is 0 Å². The minimum absolute atomic E-state index is 0.171. The quantitative estimate of drug-likeness (QED) is 0.240. The molecule has 2 atom stereocenters. The smallest absolute Gasteiger partial charge is 0.337 e. The Balaban J connectivity index is 1.23. The number of carboxylic acids is 1. The van der Waals surface area contributed by atoms with Crippen molar-refractivity contribution in [2.24, 2.45) is 0 Å². The van der Waals surface area contributed by atoms with Crippen LogP contribution in [0.2, 0.25) is 10.0 Å². The SMILES string of the molecule is Cc1cccc(Cl)c1-c1noc(C2CC2)c1COc1ccc(C2CC2(C)c2cncc(C(=O)O)c2)c(Cl)c1. The third-order valence-electron chi connectivity index (χ3n) is 7.84. The first-order valence-electron chi connectivity index (χ1n) is 12.6. The van der Waals surface area contributed by atoms with Crippen LogP contribution < -0.4 is 4.74 Å². The average Bonchev–Trinajstić information content (AvgIpc) is 3.81. The van der Waals surface area contributed by atoms with E-state index in [2.05, 4.69) is 17.1 Å². The lowest BCUT2D eigenvalue weighted by atomic mass is 9.93. The summed E-state index contributed by atoms with van der Waals surface area (Å²) in [6.45, 7) is 4.42. The van der Waals surface area contributed by atoms with Gasteiger partial charge >= 0.3 is 5.97 Å². The molecule has 38 heavy (non-hydrogen) atoms. The number of rotatable bonds is 8. The number of hydrogen-bond donors (Lipinski definition) is 1. The Labute approximate surface area is 230 Å². The largest absolute Gasteiger partial charge is 0.489 e. The minimum atomic E-state index is -0.981. The molecule has 0 saturated heterocycles. The van der Waals surface area contributed by atoms with Crippen molar-refractivity contribution in [3.8, 4) is 17.0 Å². The van der Waals surface area contributed by atoms with Gasteiger partial charge in [-0.3, -0.25) is 4.98 Å². The Bertz CT molecular complexity index is 1540. The van der Waals surface area contributed by atoms with Gasteiger partial charge in [0, 0.05) is 34.3 Å². The van der Waals surface area contributed by atoms with E-state index in [1.807, 2.05) is 43.3 Å². The summed E-state index contributed by atoms with van der Waals surface area (Å²) in [6.07, 6.45) is 6.13. The van der Waals surface area contributed by atoms with Gasteiger partial charge in [0.2, 0.25) is 0 Å². The molecule has 1 N–H and O–H groups in total. The minimum Gasteiger partial charge on any atom is -0.489 e. The maximum Gasteiger partial charge on any atom is 0.337 e. The lowest BCUT2D eigenvalue weighted by Crippen LogP contribution is -2.07. The maximum absolute atomic E-state index is 11.4. The zero-order valence-corrected chi connectivity index (χ0v) is 22.5. The molecule has 6 rings (SSSR count). The molecular weight excluding hydrogens is 523 g/mol. The van der Waals surface area contributed by atoms with Crippen molar-refractivity contribution in [2.45, 2.75) is 57.0 Å². The zero-order valence-electron chi connectivity index (χ0n) is 21.0. The van der Waals surface area contributed by atoms with Crippen LogP contribution in [0.15, 0.2) is 59.4 Å². The number of aromatic nitrogens is 2. The standard InChI is InChI=1S/C30H26Cl2N2O4/c1-16-4-3-5-24(31)26(16)27-22(28(38-34-27)17-6-7-17)15-37-20-8-9-21(25(32)11-20)23-12-30(23,2)19-10-18(29(35)36)13-33-14-19/h3-5,8-11,13-14,17,23H,6-7,12,15H2,1-2H3,(H,35,36). The van der Waals surface area contributed by atoms with Crippen molar-refractivity contribution in [3.05, 3.63) is 98.5 Å². The monoisotopic (exact) mass is 548 g/mol. The number of ether oxygens (including phenoxy) is 1. The fourth-order valence-corrected chi connectivity index (χ4v) is 5.91. The second-order valence-corrected chi connectivity index (χ2v) is 11.3. The topological polar surface area (TPSA) is 85.5 Å². The van der Waals surface area contributed by atoms with Crippen LogP contribution in [-0.4, -0.2) is 21.2 Å². The molecule has 4 aromatic rings. The first-order valence-corrected chi connectivity index (χ1v) is 13.4. The highest BCUT2D eigenvalue weighted by molar-refractivity contribution is 6.33. The fraction of sp³-hybridized carbons (Fsp3) is 0.300. The van der Waals surface area contributed by atoms with E-state index in [0.29, 0.717) is 28.3 Å². The van der Waals surface area contributed by atoms with Gasteiger partial charge in [-0.1, -0.05) is 53.5 Å². The van der Waals surface area contributed by atoms with Crippen LogP contribution in [0, 0.1) is 6.92 Å². The molecule has 0 amide bonds. The molecule has 2 aromatic heterocycles. The van der Waals surface area contributed by atoms with Gasteiger partial charge in [-0.25, -0.2) is 4.79 Å². The predicted octanol–water partition coefficient (Wildman–Crippen LogP) is 7.95. The van der Waals surface area contributed by atoms with E-state index in [-0.39, 0.29) is 16.9 Å². The van der Waals surface area contributed by atoms with Gasteiger partial charge in [-0.05, 0) is 73.1 Å². The molecule has 194 valence electrons. The van der Waals surface area contributed by atoms with Gasteiger partial charge in [0.15, 0.2) is 0 Å². The number of carboxylic acid groups (broad SMARTS) is 1. The molecule has 2 aromatic carbocycles. The van der Waals surface area contributed by atoms with E-state index >= 15 is 0 Å². The van der Waals surface area contributed by atoms with Crippen LogP contribution >= 0.6 is 23.2 Å². The number of aryl methyl sites for hydroxylation is 1. The molecule has 2 aliphatic carbocycles. The number of halogens is 2. The summed E-state index contributed by atoms with van der Waals surface area (Å²) in [4.78, 5) is 15.5. The van der Waals surface area contributed by atoms with Crippen molar-refractivity contribution in [1.82, 2.24) is 10.1 Å². The second-order valence-electron chi connectivity index (χ2n) is 10.5. The maximum atomic E-state index is 11.4. The fourth-order valence-electron chi connectivity index (χ4n) is 5.30. The van der Waals surface area contributed by atoms with Crippen LogP contribution in [0.25, 0.3) is 11.3 Å². The van der Waals surface area contributed by atoms with E-state index in [1.165, 1.54) is 6.20 Å². The Morgan fingerprint density at radius 2 is 1.97 bits per heavy atom. The molecule has 2 heterocycles. The molecule has 2 unspecified atom stereocenters. The predicted molar refractivity (Wildman–Crippen MR) is 145 cm³/mol. The van der Waals surface area contributed by atoms with Crippen LogP contribution in [0.4, 0.5) is 0 Å². The van der Waals surface area contributed by atoms with Crippen molar-refractivity contribution < 1.29 is 19.2 Å². The average molecular weight is 549 g/mol. The number of benzene rings is 2. The number of carbonyl (C=O) groups is 1. The summed E-state index contributed by atoms with van der Waals surface area (Å²) in [5, 5.41) is 15.0. The first kappa shape index (κ1) is 25.0. The van der Waals surface area contributed by atoms with Crippen LogP contribution in [0.1, 0.15) is 76.4 Å². The number of aromatic carboxylic acids is 1. The van der Waals surface area contributed by atoms with Gasteiger partial charge < -0.3 is 14.4 Å². The van der Waals surface area contributed by atoms with E-state index in [9.17, 15) is 9.90 Å². The van der Waals surface area contributed by atoms with E-state index in [4.69, 9.17) is 32.5 Å². The highest BCUT2D eigenvalue weighted by atomic mass is 35.5. The summed E-state index contributed by atoms with van der Waals surface area (Å²) in [7, 11) is 0. The number of pyridine rings is 1. The van der Waals surface area contributed by atoms with Crippen LogP contribution in [-0.2, 0) is 12.0 Å². The summed E-state index contributed by atoms with van der Waals surface area (Å²) < 4.78 is 12.0. The molecule has 0 bridgehead atoms. The molecule has 0 radical (unpaired) electrons. The van der Waals surface area contributed by atoms with Crippen LogP contribution in [0.5, 0.6) is 5.75 Å². The summed E-state index contributed by atoms with van der Waals surface area (Å²) in [5.74, 6) is 1.08. The van der Waals surface area contributed by atoms with Gasteiger partial charge in [-0.15, -0.1) is 0 Å². The Morgan fingerprint density at radius 1 is 1.16 bits per heavy atom. The summed E-state index contributed by atoms with van der Waals surface area (Å²) >= 11 is 13.3. The van der Waals surface area contributed by atoms with E-state index in [0.717, 1.165) is 58.5 Å². The molecule has 2 aliphatic rings. The third-order valence-corrected chi connectivity index (χ3v) is 8.48. The highest BCUT2D eigenvalue weighted by Crippen LogP contribution is 2.61. The molecular formula is C30H26Cl2N2O4. The second kappa shape index (κ2) is 9.44. The normalized spacial score (nSPS) is 20.4. The highest BCUT2D eigenvalue weighted by Gasteiger charge is 2.53. The van der Waals surface area contributed by atoms with E-state index in [1.54, 1.807) is 12.3 Å². The molecule has 8 heteroatoms. The summed E-state index contributed by atoms with van der Waals surface area (Å²) in [5.41, 5.74) is 5.43. The number of nitrogens with zero attached hydrogens (tertiary/aromatic N) is 2. The first-order chi connectivity index (χ1) is 18.3. The van der Waals surface area contributed by atoms with Crippen molar-refractivity contribution in [3.63, 3.8) is 0 Å². The summed E-state index contributed by atoms with van der Waals surface area (Å²) in [6, 6.07) is 13.3. The van der Waals surface area contributed by atoms with Gasteiger partial charge in [0.1, 0.15) is 23.8 Å². The zero-order chi connectivity index (χ0) is 26.6. The Kier molecular flexibility index (Phi) is 6.20. The van der Waals surface area contributed by atoms with Gasteiger partial charge in [-0.2, -0.15) is 0 Å². The number of hydrogen-bond acceptors (Lipinski definition) is 5. The molecule has 0 aliphatic heterocycles. The Hall–Kier alpha value is -3.35.